The van der Waals surface area contributed by atoms with Crippen LogP contribution in [-0.2, 0) is 16.0 Å². The van der Waals surface area contributed by atoms with E-state index in [1.807, 2.05) is 39.0 Å². The molecule has 2 heterocycles. The minimum atomic E-state index is -0.713. The third-order valence-corrected chi connectivity index (χ3v) is 4.69. The first-order valence-corrected chi connectivity index (χ1v) is 9.26. The Morgan fingerprint density at radius 3 is 2.78 bits per heavy atom. The van der Waals surface area contributed by atoms with Crippen LogP contribution in [-0.4, -0.2) is 36.2 Å². The number of anilines is 1. The first kappa shape index (κ1) is 18.9. The fraction of sp³-hybridized carbons (Fsp3) is 0.450. The van der Waals surface area contributed by atoms with Crippen LogP contribution in [0.15, 0.2) is 28.8 Å². The SMILES string of the molecule is CCCNC(=O)C1CN(C(=O)CCc2c(C)noc2C)c2ccccc2O1. The van der Waals surface area contributed by atoms with Gasteiger partial charge >= 0.3 is 0 Å². The standard InChI is InChI=1S/C20H25N3O4/c1-4-11-21-20(25)18-12-23(16-7-5-6-8-17(16)26-18)19(24)10-9-15-13(2)22-27-14(15)3/h5-8,18H,4,9-12H2,1-3H3,(H,21,25). The molecule has 1 unspecified atom stereocenters. The van der Waals surface area contributed by atoms with Crippen molar-refractivity contribution in [1.82, 2.24) is 10.5 Å². The number of nitrogens with one attached hydrogen (secondary N) is 1. The highest BCUT2D eigenvalue weighted by Gasteiger charge is 2.33. The maximum absolute atomic E-state index is 12.9. The van der Waals surface area contributed by atoms with Crippen molar-refractivity contribution < 1.29 is 18.8 Å². The van der Waals surface area contributed by atoms with Gasteiger partial charge in [-0.05, 0) is 38.8 Å². The second-order valence-electron chi connectivity index (χ2n) is 6.67. The van der Waals surface area contributed by atoms with Crippen LogP contribution in [0.1, 0.15) is 36.8 Å². The number of hydrogen-bond acceptors (Lipinski definition) is 5. The summed E-state index contributed by atoms with van der Waals surface area (Å²) in [7, 11) is 0. The summed E-state index contributed by atoms with van der Waals surface area (Å²) < 4.78 is 11.0. The Hall–Kier alpha value is -2.83. The Kier molecular flexibility index (Phi) is 5.78. The average molecular weight is 371 g/mol. The van der Waals surface area contributed by atoms with E-state index in [0.717, 1.165) is 23.4 Å². The van der Waals surface area contributed by atoms with Gasteiger partial charge in [-0.2, -0.15) is 0 Å². The fourth-order valence-electron chi connectivity index (χ4n) is 3.19. The van der Waals surface area contributed by atoms with Gasteiger partial charge < -0.3 is 19.5 Å². The van der Waals surface area contributed by atoms with Crippen LogP contribution < -0.4 is 15.0 Å². The first-order chi connectivity index (χ1) is 13.0. The number of para-hydroxylation sites is 2. The molecule has 1 atom stereocenters. The van der Waals surface area contributed by atoms with Crippen LogP contribution in [0, 0.1) is 13.8 Å². The van der Waals surface area contributed by atoms with E-state index >= 15 is 0 Å². The number of carbonyl (C=O) groups is 2. The number of amides is 2. The van der Waals surface area contributed by atoms with Gasteiger partial charge in [0, 0.05) is 18.5 Å². The molecule has 0 saturated carbocycles. The highest BCUT2D eigenvalue weighted by molar-refractivity contribution is 5.97. The van der Waals surface area contributed by atoms with E-state index in [1.165, 1.54) is 0 Å². The Labute approximate surface area is 158 Å². The van der Waals surface area contributed by atoms with Crippen LogP contribution in [0.2, 0.25) is 0 Å². The summed E-state index contributed by atoms with van der Waals surface area (Å²) in [6, 6.07) is 7.30. The summed E-state index contributed by atoms with van der Waals surface area (Å²) in [4.78, 5) is 27.0. The smallest absolute Gasteiger partial charge is 0.262 e. The molecule has 7 heteroatoms. The molecule has 2 aromatic rings. The van der Waals surface area contributed by atoms with Gasteiger partial charge in [0.15, 0.2) is 6.10 Å². The molecule has 0 saturated heterocycles. The fourth-order valence-corrected chi connectivity index (χ4v) is 3.19. The molecule has 27 heavy (non-hydrogen) atoms. The van der Waals surface area contributed by atoms with E-state index in [0.29, 0.717) is 30.8 Å². The van der Waals surface area contributed by atoms with Crippen molar-refractivity contribution in [3.8, 4) is 5.75 Å². The zero-order valence-corrected chi connectivity index (χ0v) is 15.9. The minimum absolute atomic E-state index is 0.0564. The summed E-state index contributed by atoms with van der Waals surface area (Å²) in [5.41, 5.74) is 2.46. The second kappa shape index (κ2) is 8.24. The lowest BCUT2D eigenvalue weighted by molar-refractivity contribution is -0.128. The van der Waals surface area contributed by atoms with E-state index in [4.69, 9.17) is 9.26 Å². The molecule has 3 rings (SSSR count). The van der Waals surface area contributed by atoms with Gasteiger partial charge in [-0.1, -0.05) is 24.2 Å². The lowest BCUT2D eigenvalue weighted by Gasteiger charge is -2.34. The average Bonchev–Trinajstić information content (AvgIpc) is 3.00. The van der Waals surface area contributed by atoms with E-state index < -0.39 is 6.10 Å². The summed E-state index contributed by atoms with van der Waals surface area (Å²) in [6.45, 7) is 6.49. The predicted molar refractivity (Wildman–Crippen MR) is 101 cm³/mol. The molecule has 0 radical (unpaired) electrons. The number of aryl methyl sites for hydroxylation is 2. The van der Waals surface area contributed by atoms with Crippen molar-refractivity contribution in [1.29, 1.82) is 0 Å². The van der Waals surface area contributed by atoms with Crippen LogP contribution in [0.25, 0.3) is 0 Å². The van der Waals surface area contributed by atoms with E-state index in [-0.39, 0.29) is 18.4 Å². The van der Waals surface area contributed by atoms with Crippen LogP contribution in [0.5, 0.6) is 5.75 Å². The van der Waals surface area contributed by atoms with Crippen molar-refractivity contribution in [3.63, 3.8) is 0 Å². The molecule has 2 amide bonds. The molecule has 1 aliphatic heterocycles. The van der Waals surface area contributed by atoms with Crippen molar-refractivity contribution in [3.05, 3.63) is 41.3 Å². The molecule has 1 N–H and O–H groups in total. The Bertz CT molecular complexity index is 811. The topological polar surface area (TPSA) is 84.7 Å². The predicted octanol–water partition coefficient (Wildman–Crippen LogP) is 2.54. The number of rotatable bonds is 6. The van der Waals surface area contributed by atoms with Crippen LogP contribution in [0.4, 0.5) is 5.69 Å². The van der Waals surface area contributed by atoms with Crippen molar-refractivity contribution in [2.24, 2.45) is 0 Å². The monoisotopic (exact) mass is 371 g/mol. The van der Waals surface area contributed by atoms with Crippen LogP contribution >= 0.6 is 0 Å². The zero-order chi connectivity index (χ0) is 19.4. The van der Waals surface area contributed by atoms with Crippen molar-refractivity contribution >= 4 is 17.5 Å². The molecular formula is C20H25N3O4. The largest absolute Gasteiger partial charge is 0.477 e. The maximum atomic E-state index is 12.9. The molecule has 1 aromatic heterocycles. The molecule has 1 aliphatic rings. The highest BCUT2D eigenvalue weighted by atomic mass is 16.5. The molecular weight excluding hydrogens is 346 g/mol. The molecule has 0 bridgehead atoms. The van der Waals surface area contributed by atoms with E-state index in [2.05, 4.69) is 10.5 Å². The second-order valence-corrected chi connectivity index (χ2v) is 6.67. The summed E-state index contributed by atoms with van der Waals surface area (Å²) >= 11 is 0. The number of nitrogens with zero attached hydrogens (tertiary/aromatic N) is 2. The number of benzene rings is 1. The van der Waals surface area contributed by atoms with E-state index in [9.17, 15) is 9.59 Å². The molecule has 0 fully saturated rings. The number of hydrogen-bond donors (Lipinski definition) is 1. The molecule has 0 aliphatic carbocycles. The highest BCUT2D eigenvalue weighted by Crippen LogP contribution is 2.33. The Morgan fingerprint density at radius 2 is 2.07 bits per heavy atom. The lowest BCUT2D eigenvalue weighted by atomic mass is 10.1. The summed E-state index contributed by atoms with van der Waals surface area (Å²) in [5.74, 6) is 1.03. The van der Waals surface area contributed by atoms with Crippen LogP contribution in [0.3, 0.4) is 0 Å². The van der Waals surface area contributed by atoms with E-state index in [1.54, 1.807) is 11.0 Å². The Balaban J connectivity index is 1.75. The van der Waals surface area contributed by atoms with Gasteiger partial charge in [0.05, 0.1) is 17.9 Å². The minimum Gasteiger partial charge on any atom is -0.477 e. The number of carbonyl (C=O) groups excluding carboxylic acids is 2. The molecule has 1 aromatic carbocycles. The van der Waals surface area contributed by atoms with Gasteiger partial charge in [-0.3, -0.25) is 9.59 Å². The maximum Gasteiger partial charge on any atom is 0.262 e. The molecule has 144 valence electrons. The van der Waals surface area contributed by atoms with Gasteiger partial charge in [0.1, 0.15) is 11.5 Å². The molecule has 7 nitrogen and oxygen atoms in total. The number of fused-ring (bicyclic) bond motifs is 1. The normalized spacial score (nSPS) is 15.8. The van der Waals surface area contributed by atoms with Gasteiger partial charge in [-0.25, -0.2) is 0 Å². The quantitative estimate of drug-likeness (QED) is 0.843. The summed E-state index contributed by atoms with van der Waals surface area (Å²) in [6.07, 6.45) is 0.983. The lowest BCUT2D eigenvalue weighted by Crippen LogP contribution is -2.51. The van der Waals surface area contributed by atoms with Gasteiger partial charge in [0.25, 0.3) is 5.91 Å². The van der Waals surface area contributed by atoms with Crippen molar-refractivity contribution in [2.45, 2.75) is 46.1 Å². The van der Waals surface area contributed by atoms with Gasteiger partial charge in [-0.15, -0.1) is 0 Å². The zero-order valence-electron chi connectivity index (χ0n) is 15.9. The Morgan fingerprint density at radius 1 is 1.30 bits per heavy atom. The van der Waals surface area contributed by atoms with Crippen molar-refractivity contribution in [2.75, 3.05) is 18.0 Å². The summed E-state index contributed by atoms with van der Waals surface area (Å²) in [5, 5.41) is 6.77. The van der Waals surface area contributed by atoms with Gasteiger partial charge in [0.2, 0.25) is 5.91 Å². The third kappa shape index (κ3) is 4.13. The first-order valence-electron chi connectivity index (χ1n) is 9.26. The number of ether oxygens (including phenoxy) is 1. The third-order valence-electron chi connectivity index (χ3n) is 4.69. The molecule has 0 spiro atoms. The number of aromatic nitrogens is 1.